The summed E-state index contributed by atoms with van der Waals surface area (Å²) in [5.41, 5.74) is 0.488. The van der Waals surface area contributed by atoms with Crippen LogP contribution >= 0.6 is 0 Å². The van der Waals surface area contributed by atoms with Crippen molar-refractivity contribution in [2.24, 2.45) is 0 Å². The molecule has 0 heterocycles. The second kappa shape index (κ2) is 4.38. The van der Waals surface area contributed by atoms with Gasteiger partial charge in [0.05, 0.1) is 18.7 Å². The fourth-order valence-corrected chi connectivity index (χ4v) is 0.926. The van der Waals surface area contributed by atoms with E-state index in [1.165, 1.54) is 7.11 Å². The first kappa shape index (κ1) is 9.42. The van der Waals surface area contributed by atoms with Crippen LogP contribution in [0.15, 0.2) is 18.2 Å². The van der Waals surface area contributed by atoms with Crippen LogP contribution in [0, 0.1) is 11.3 Å². The van der Waals surface area contributed by atoms with Crippen LogP contribution in [-0.2, 0) is 0 Å². The maximum absolute atomic E-state index is 8.58. The van der Waals surface area contributed by atoms with Gasteiger partial charge in [0.25, 0.3) is 0 Å². The van der Waals surface area contributed by atoms with Crippen LogP contribution in [-0.4, -0.2) is 19.8 Å². The van der Waals surface area contributed by atoms with Gasteiger partial charge in [0.15, 0.2) is 5.75 Å². The number of hydrogen-bond donors (Lipinski definition) is 1. The third kappa shape index (κ3) is 2.14. The molecular weight excluding hydrogens is 169 g/mol. The molecule has 0 aliphatic rings. The topological polar surface area (TPSA) is 62.5 Å². The average Bonchev–Trinajstić information content (AvgIpc) is 2.19. The first-order valence-electron chi connectivity index (χ1n) is 3.63. The van der Waals surface area contributed by atoms with Gasteiger partial charge in [-0.2, -0.15) is 5.26 Å². The van der Waals surface area contributed by atoms with E-state index in [0.29, 0.717) is 17.1 Å². The molecule has 0 amide bonds. The molecule has 0 aliphatic heterocycles. The molecule has 0 aliphatic carbocycles. The smallest absolute Gasteiger partial charge is 0.504 e. The monoisotopic (exact) mass is 177 g/mol. The van der Waals surface area contributed by atoms with Crippen LogP contribution in [0.4, 0.5) is 0 Å². The molecule has 5 heteroatoms. The summed E-state index contributed by atoms with van der Waals surface area (Å²) >= 11 is 0. The molecule has 0 atom stereocenters. The molecule has 0 unspecified atom stereocenters. The molecule has 0 saturated heterocycles. The van der Waals surface area contributed by atoms with Crippen molar-refractivity contribution in [3.8, 4) is 17.6 Å². The molecule has 13 heavy (non-hydrogen) atoms. The first-order chi connectivity index (χ1) is 6.31. The fourth-order valence-electron chi connectivity index (χ4n) is 0.926. The van der Waals surface area contributed by atoms with Crippen LogP contribution < -0.4 is 9.39 Å². The van der Waals surface area contributed by atoms with E-state index in [4.69, 9.17) is 19.7 Å². The molecule has 0 aromatic heterocycles. The van der Waals surface area contributed by atoms with Gasteiger partial charge < -0.3 is 14.4 Å². The number of nitriles is 1. The van der Waals surface area contributed by atoms with Crippen molar-refractivity contribution >= 4 is 7.69 Å². The largest absolute Gasteiger partial charge is 0.536 e. The highest BCUT2D eigenvalue weighted by Gasteiger charge is 2.04. The molecule has 1 rings (SSSR count). The van der Waals surface area contributed by atoms with E-state index in [1.807, 2.05) is 6.07 Å². The third-order valence-electron chi connectivity index (χ3n) is 1.51. The Bertz CT molecular complexity index is 335. The second-order valence-electron chi connectivity index (χ2n) is 2.25. The van der Waals surface area contributed by atoms with Crippen LogP contribution in [0.25, 0.3) is 0 Å². The molecule has 0 saturated carbocycles. The minimum atomic E-state index is -0.414. The molecule has 0 fully saturated rings. The molecule has 1 N–H and O–H groups in total. The lowest BCUT2D eigenvalue weighted by Crippen LogP contribution is -2.01. The number of benzene rings is 1. The third-order valence-corrected chi connectivity index (χ3v) is 1.51. The minimum absolute atomic E-state index is 0.414. The van der Waals surface area contributed by atoms with Crippen molar-refractivity contribution in [2.45, 2.75) is 0 Å². The Hall–Kier alpha value is -1.67. The first-order valence-corrected chi connectivity index (χ1v) is 3.63. The summed E-state index contributed by atoms with van der Waals surface area (Å²) in [5.74, 6) is 0.858. The van der Waals surface area contributed by atoms with Gasteiger partial charge in [-0.3, -0.25) is 0 Å². The van der Waals surface area contributed by atoms with Crippen LogP contribution in [0.3, 0.4) is 0 Å². The average molecular weight is 177 g/mol. The van der Waals surface area contributed by atoms with Crippen LogP contribution in [0.5, 0.6) is 11.5 Å². The van der Waals surface area contributed by atoms with Gasteiger partial charge in [-0.1, -0.05) is 0 Å². The summed E-state index contributed by atoms with van der Waals surface area (Å²) in [6.07, 6.45) is 0. The van der Waals surface area contributed by atoms with E-state index in [9.17, 15) is 0 Å². The second-order valence-corrected chi connectivity index (χ2v) is 2.25. The van der Waals surface area contributed by atoms with Gasteiger partial charge in [-0.25, -0.2) is 0 Å². The molecule has 66 valence electrons. The van der Waals surface area contributed by atoms with Gasteiger partial charge in [0.2, 0.25) is 0 Å². The number of hydrogen-bond acceptors (Lipinski definition) is 4. The van der Waals surface area contributed by atoms with E-state index < -0.39 is 7.69 Å². The Labute approximate surface area is 76.6 Å². The Kier molecular flexibility index (Phi) is 3.18. The zero-order valence-corrected chi connectivity index (χ0v) is 7.15. The van der Waals surface area contributed by atoms with E-state index in [0.717, 1.165) is 0 Å². The van der Waals surface area contributed by atoms with Crippen molar-refractivity contribution in [1.29, 1.82) is 5.26 Å². The van der Waals surface area contributed by atoms with E-state index in [-0.39, 0.29) is 0 Å². The molecule has 0 spiro atoms. The molecular formula is C8H8BNO3. The lowest BCUT2D eigenvalue weighted by Gasteiger charge is -2.07. The van der Waals surface area contributed by atoms with Gasteiger partial charge in [-0.05, 0) is 12.1 Å². The van der Waals surface area contributed by atoms with Crippen LogP contribution in [0.2, 0.25) is 0 Å². The van der Waals surface area contributed by atoms with Gasteiger partial charge in [-0.15, -0.1) is 0 Å². The highest BCUT2D eigenvalue weighted by Crippen LogP contribution is 2.27. The van der Waals surface area contributed by atoms with Crippen molar-refractivity contribution in [2.75, 3.05) is 7.11 Å². The minimum Gasteiger partial charge on any atom is -0.536 e. The summed E-state index contributed by atoms with van der Waals surface area (Å²) in [6, 6.07) is 6.69. The van der Waals surface area contributed by atoms with E-state index in [2.05, 4.69) is 0 Å². The number of nitrogens with zero attached hydrogens (tertiary/aromatic N) is 1. The Morgan fingerprint density at radius 2 is 2.23 bits per heavy atom. The van der Waals surface area contributed by atoms with Crippen molar-refractivity contribution in [3.05, 3.63) is 23.8 Å². The SMILES string of the molecule is COc1cc(C#N)ccc1OBO. The van der Waals surface area contributed by atoms with Gasteiger partial charge in [0, 0.05) is 6.07 Å². The number of rotatable bonds is 3. The predicted octanol–water partition coefficient (Wildman–Crippen LogP) is 0.204. The zero-order valence-electron chi connectivity index (χ0n) is 7.15. The standard InChI is InChI=1S/C8H8BNO3/c1-12-8-4-6(5-10)2-3-7(8)13-9-11/h2-4,9,11H,1H3. The normalized spacial score (nSPS) is 8.69. The van der Waals surface area contributed by atoms with Gasteiger partial charge >= 0.3 is 7.69 Å². The van der Waals surface area contributed by atoms with E-state index in [1.54, 1.807) is 18.2 Å². The maximum atomic E-state index is 8.58. The summed E-state index contributed by atoms with van der Waals surface area (Å²) in [4.78, 5) is 0. The Balaban J connectivity index is 3.02. The quantitative estimate of drug-likeness (QED) is 0.670. The van der Waals surface area contributed by atoms with E-state index >= 15 is 0 Å². The van der Waals surface area contributed by atoms with Gasteiger partial charge in [0.1, 0.15) is 5.75 Å². The molecule has 1 aromatic carbocycles. The summed E-state index contributed by atoms with van der Waals surface area (Å²) < 4.78 is 9.80. The molecule has 1 aromatic rings. The molecule has 0 bridgehead atoms. The summed E-state index contributed by atoms with van der Waals surface area (Å²) in [7, 11) is 1.06. The molecule has 4 nitrogen and oxygen atoms in total. The molecule has 0 radical (unpaired) electrons. The predicted molar refractivity (Wildman–Crippen MR) is 47.7 cm³/mol. The van der Waals surface area contributed by atoms with Crippen LogP contribution in [0.1, 0.15) is 5.56 Å². The number of ether oxygens (including phenoxy) is 1. The lowest BCUT2D eigenvalue weighted by molar-refractivity contribution is 0.381. The Morgan fingerprint density at radius 3 is 2.77 bits per heavy atom. The van der Waals surface area contributed by atoms with Crippen molar-refractivity contribution < 1.29 is 14.4 Å². The van der Waals surface area contributed by atoms with Crippen molar-refractivity contribution in [1.82, 2.24) is 0 Å². The maximum Gasteiger partial charge on any atom is 0.504 e. The summed E-state index contributed by atoms with van der Waals surface area (Å²) in [5, 5.41) is 17.1. The lowest BCUT2D eigenvalue weighted by atomic mass is 10.2. The van der Waals surface area contributed by atoms with Crippen molar-refractivity contribution in [3.63, 3.8) is 0 Å². The Morgan fingerprint density at radius 1 is 1.46 bits per heavy atom. The highest BCUT2D eigenvalue weighted by atomic mass is 16.5. The fraction of sp³-hybridized carbons (Fsp3) is 0.125. The number of methoxy groups -OCH3 is 1. The highest BCUT2D eigenvalue weighted by molar-refractivity contribution is 6.17. The summed E-state index contributed by atoms with van der Waals surface area (Å²) in [6.45, 7) is 0. The zero-order chi connectivity index (χ0) is 9.68.